The highest BCUT2D eigenvalue weighted by Crippen LogP contribution is 2.21. The van der Waals surface area contributed by atoms with Crippen molar-refractivity contribution >= 4 is 29.3 Å². The van der Waals surface area contributed by atoms with Crippen molar-refractivity contribution in [2.24, 2.45) is 0 Å². The Morgan fingerprint density at radius 2 is 1.84 bits per heavy atom. The molecule has 3 aromatic rings. The number of nitrogens with one attached hydrogen (secondary N) is 2. The normalized spacial score (nSPS) is 11.5. The second kappa shape index (κ2) is 10.6. The van der Waals surface area contributed by atoms with Crippen molar-refractivity contribution in [1.82, 2.24) is 20.1 Å². The molecule has 2 aromatic carbocycles. The minimum absolute atomic E-state index is 0.131. The standard InChI is InChI=1S/C23H25N5O2S/c1-4-14-28-21(17(3)24-22(30)18-8-6-5-7-9-18)26-27-23(28)31-15-20(29)25-19-12-10-16(2)11-13-19/h4-13,17H,1,14-15H2,2-3H3,(H,24,30)(H,25,29)/t17-/m1/s1. The number of allylic oxidation sites excluding steroid dienone is 1. The Morgan fingerprint density at radius 1 is 1.13 bits per heavy atom. The van der Waals surface area contributed by atoms with Gasteiger partial charge in [0.15, 0.2) is 11.0 Å². The number of carbonyl (C=O) groups is 2. The summed E-state index contributed by atoms with van der Waals surface area (Å²) in [4.78, 5) is 24.8. The lowest BCUT2D eigenvalue weighted by Crippen LogP contribution is -2.28. The molecule has 0 saturated carbocycles. The number of benzene rings is 2. The zero-order chi connectivity index (χ0) is 22.2. The van der Waals surface area contributed by atoms with E-state index in [4.69, 9.17) is 0 Å². The fraction of sp³-hybridized carbons (Fsp3) is 0.217. The quantitative estimate of drug-likeness (QED) is 0.392. The summed E-state index contributed by atoms with van der Waals surface area (Å²) < 4.78 is 1.85. The van der Waals surface area contributed by atoms with Gasteiger partial charge in [0.05, 0.1) is 11.8 Å². The topological polar surface area (TPSA) is 88.9 Å². The van der Waals surface area contributed by atoms with Crippen molar-refractivity contribution in [3.05, 3.63) is 84.2 Å². The Balaban J connectivity index is 1.65. The number of carbonyl (C=O) groups excluding carboxylic acids is 2. The van der Waals surface area contributed by atoms with Crippen LogP contribution in [0.15, 0.2) is 72.4 Å². The fourth-order valence-electron chi connectivity index (χ4n) is 2.93. The molecule has 1 aromatic heterocycles. The summed E-state index contributed by atoms with van der Waals surface area (Å²) in [6, 6.07) is 16.3. The number of thioether (sulfide) groups is 1. The number of hydrogen-bond acceptors (Lipinski definition) is 5. The van der Waals surface area contributed by atoms with Gasteiger partial charge in [-0.05, 0) is 38.1 Å². The van der Waals surface area contributed by atoms with Gasteiger partial charge in [-0.25, -0.2) is 0 Å². The van der Waals surface area contributed by atoms with E-state index < -0.39 is 0 Å². The highest BCUT2D eigenvalue weighted by Gasteiger charge is 2.20. The van der Waals surface area contributed by atoms with Crippen LogP contribution in [0.4, 0.5) is 5.69 Å². The zero-order valence-corrected chi connectivity index (χ0v) is 18.4. The maximum Gasteiger partial charge on any atom is 0.251 e. The van der Waals surface area contributed by atoms with E-state index >= 15 is 0 Å². The van der Waals surface area contributed by atoms with Crippen molar-refractivity contribution in [2.45, 2.75) is 31.6 Å². The molecule has 2 N–H and O–H groups in total. The van der Waals surface area contributed by atoms with Crippen LogP contribution < -0.4 is 10.6 Å². The molecule has 1 heterocycles. The first-order valence-corrected chi connectivity index (χ1v) is 10.9. The van der Waals surface area contributed by atoms with E-state index in [0.29, 0.717) is 23.1 Å². The SMILES string of the molecule is C=CCn1c(SCC(=O)Nc2ccc(C)cc2)nnc1[C@@H](C)NC(=O)c1ccccc1. The molecule has 7 nitrogen and oxygen atoms in total. The Bertz CT molecular complexity index is 1050. The zero-order valence-electron chi connectivity index (χ0n) is 17.5. The molecular formula is C23H25N5O2S. The molecule has 0 aliphatic rings. The number of aryl methyl sites for hydroxylation is 1. The van der Waals surface area contributed by atoms with Crippen LogP contribution in [0, 0.1) is 6.92 Å². The van der Waals surface area contributed by atoms with Crippen LogP contribution in [-0.4, -0.2) is 32.3 Å². The lowest BCUT2D eigenvalue weighted by atomic mass is 10.2. The minimum atomic E-state index is -0.365. The monoisotopic (exact) mass is 435 g/mol. The molecular weight excluding hydrogens is 410 g/mol. The first-order chi connectivity index (χ1) is 15.0. The Labute approximate surface area is 186 Å². The smallest absolute Gasteiger partial charge is 0.251 e. The van der Waals surface area contributed by atoms with Gasteiger partial charge in [-0.1, -0.05) is 53.7 Å². The molecule has 0 radical (unpaired) electrons. The molecule has 2 amide bonds. The van der Waals surface area contributed by atoms with Gasteiger partial charge in [0.25, 0.3) is 5.91 Å². The molecule has 0 bridgehead atoms. The molecule has 0 spiro atoms. The Hall–Kier alpha value is -3.39. The second-order valence-corrected chi connectivity index (χ2v) is 7.95. The molecule has 8 heteroatoms. The summed E-state index contributed by atoms with van der Waals surface area (Å²) in [7, 11) is 0. The molecule has 160 valence electrons. The lowest BCUT2D eigenvalue weighted by molar-refractivity contribution is -0.113. The third-order valence-corrected chi connectivity index (χ3v) is 5.46. The van der Waals surface area contributed by atoms with Gasteiger partial charge < -0.3 is 15.2 Å². The van der Waals surface area contributed by atoms with Gasteiger partial charge in [-0.15, -0.1) is 16.8 Å². The Morgan fingerprint density at radius 3 is 2.52 bits per heavy atom. The molecule has 31 heavy (non-hydrogen) atoms. The van der Waals surface area contributed by atoms with Crippen molar-refractivity contribution in [3.8, 4) is 0 Å². The van der Waals surface area contributed by atoms with Crippen LogP contribution in [0.3, 0.4) is 0 Å². The first-order valence-electron chi connectivity index (χ1n) is 9.87. The average molecular weight is 436 g/mol. The van der Waals surface area contributed by atoms with Crippen LogP contribution >= 0.6 is 11.8 Å². The minimum Gasteiger partial charge on any atom is -0.342 e. The molecule has 0 aliphatic carbocycles. The first kappa shape index (κ1) is 22.3. The predicted molar refractivity (Wildman–Crippen MR) is 123 cm³/mol. The van der Waals surface area contributed by atoms with Crippen LogP contribution in [0.1, 0.15) is 34.7 Å². The van der Waals surface area contributed by atoms with Crippen LogP contribution in [0.25, 0.3) is 0 Å². The number of nitrogens with zero attached hydrogens (tertiary/aromatic N) is 3. The van der Waals surface area contributed by atoms with Gasteiger partial charge >= 0.3 is 0 Å². The lowest BCUT2D eigenvalue weighted by Gasteiger charge is -2.15. The largest absolute Gasteiger partial charge is 0.342 e. The Kier molecular flexibility index (Phi) is 7.61. The maximum atomic E-state index is 12.5. The number of amides is 2. The number of rotatable bonds is 9. The summed E-state index contributed by atoms with van der Waals surface area (Å²) in [6.45, 7) is 8.10. The molecule has 3 rings (SSSR count). The number of anilines is 1. The van der Waals surface area contributed by atoms with Crippen LogP contribution in [-0.2, 0) is 11.3 Å². The van der Waals surface area contributed by atoms with E-state index in [1.54, 1.807) is 18.2 Å². The maximum absolute atomic E-state index is 12.5. The second-order valence-electron chi connectivity index (χ2n) is 7.00. The molecule has 0 unspecified atom stereocenters. The van der Waals surface area contributed by atoms with Gasteiger partial charge in [-0.3, -0.25) is 9.59 Å². The number of hydrogen-bond donors (Lipinski definition) is 2. The highest BCUT2D eigenvalue weighted by atomic mass is 32.2. The van der Waals surface area contributed by atoms with Crippen LogP contribution in [0.5, 0.6) is 0 Å². The van der Waals surface area contributed by atoms with Gasteiger partial charge in [0, 0.05) is 17.8 Å². The highest BCUT2D eigenvalue weighted by molar-refractivity contribution is 7.99. The van der Waals surface area contributed by atoms with Crippen molar-refractivity contribution < 1.29 is 9.59 Å². The van der Waals surface area contributed by atoms with Gasteiger partial charge in [0.1, 0.15) is 0 Å². The summed E-state index contributed by atoms with van der Waals surface area (Å²) in [6.07, 6.45) is 1.73. The average Bonchev–Trinajstić information content (AvgIpc) is 3.17. The summed E-state index contributed by atoms with van der Waals surface area (Å²) in [5.41, 5.74) is 2.46. The van der Waals surface area contributed by atoms with Crippen molar-refractivity contribution in [3.63, 3.8) is 0 Å². The molecule has 0 aliphatic heterocycles. The van der Waals surface area contributed by atoms with E-state index in [-0.39, 0.29) is 23.6 Å². The van der Waals surface area contributed by atoms with E-state index in [2.05, 4.69) is 27.4 Å². The summed E-state index contributed by atoms with van der Waals surface area (Å²) in [5.74, 6) is 0.473. The molecule has 1 atom stereocenters. The van der Waals surface area contributed by atoms with Crippen molar-refractivity contribution in [2.75, 3.05) is 11.1 Å². The summed E-state index contributed by atoms with van der Waals surface area (Å²) >= 11 is 1.29. The fourth-order valence-corrected chi connectivity index (χ4v) is 3.68. The van der Waals surface area contributed by atoms with Gasteiger partial charge in [-0.2, -0.15) is 0 Å². The van der Waals surface area contributed by atoms with E-state index in [1.165, 1.54) is 11.8 Å². The third kappa shape index (κ3) is 6.05. The van der Waals surface area contributed by atoms with Gasteiger partial charge in [0.2, 0.25) is 5.91 Å². The third-order valence-electron chi connectivity index (χ3n) is 4.50. The summed E-state index contributed by atoms with van der Waals surface area (Å²) in [5, 5.41) is 14.9. The molecule has 0 saturated heterocycles. The predicted octanol–water partition coefficient (Wildman–Crippen LogP) is 3.99. The molecule has 0 fully saturated rings. The van der Waals surface area contributed by atoms with Crippen molar-refractivity contribution in [1.29, 1.82) is 0 Å². The van der Waals surface area contributed by atoms with E-state index in [9.17, 15) is 9.59 Å². The number of aromatic nitrogens is 3. The van der Waals surface area contributed by atoms with Crippen LogP contribution in [0.2, 0.25) is 0 Å². The van der Waals surface area contributed by atoms with E-state index in [0.717, 1.165) is 11.3 Å². The van der Waals surface area contributed by atoms with E-state index in [1.807, 2.05) is 60.9 Å².